The van der Waals surface area contributed by atoms with Crippen LogP contribution in [-0.2, 0) is 11.3 Å². The third kappa shape index (κ3) is 5.17. The molecule has 1 saturated heterocycles. The minimum Gasteiger partial charge on any atom is -0.311 e. The number of alkyl halides is 1. The molecule has 0 aliphatic carbocycles. The molecule has 3 aromatic heterocycles. The molecule has 2 amide bonds. The number of hydrogen-bond acceptors (Lipinski definition) is 7. The van der Waals surface area contributed by atoms with Crippen molar-refractivity contribution in [3.63, 3.8) is 0 Å². The lowest BCUT2D eigenvalue weighted by molar-refractivity contribution is -0.123. The molecule has 1 aromatic carbocycles. The first-order valence-corrected chi connectivity index (χ1v) is 12.7. The van der Waals surface area contributed by atoms with E-state index in [1.54, 1.807) is 43.6 Å². The van der Waals surface area contributed by atoms with Gasteiger partial charge in [-0.25, -0.2) is 24.1 Å². The Morgan fingerprint density at radius 1 is 1.13 bits per heavy atom. The molecule has 1 N–H and O–H groups in total. The summed E-state index contributed by atoms with van der Waals surface area (Å²) in [5, 5.41) is 7.60. The molecular formula is C26H23BrFN7O3. The number of ketones is 2. The van der Waals surface area contributed by atoms with Gasteiger partial charge in [-0.15, -0.1) is 0 Å². The fraction of sp³-hybridized carbons (Fsp3) is 0.269. The molecule has 0 radical (unpaired) electrons. The number of aromatic nitrogens is 5. The van der Waals surface area contributed by atoms with Crippen LogP contribution in [0.3, 0.4) is 0 Å². The summed E-state index contributed by atoms with van der Waals surface area (Å²) in [4.78, 5) is 52.4. The molecule has 10 nitrogen and oxygen atoms in total. The second-order valence-corrected chi connectivity index (χ2v) is 9.87. The average Bonchev–Trinajstić information content (AvgIpc) is 3.45. The van der Waals surface area contributed by atoms with Gasteiger partial charge >= 0.3 is 6.03 Å². The molecule has 1 aliphatic rings. The summed E-state index contributed by atoms with van der Waals surface area (Å²) in [6.45, 7) is 2.76. The number of nitrogens with one attached hydrogen (secondary N) is 1. The van der Waals surface area contributed by atoms with E-state index in [0.29, 0.717) is 21.3 Å². The summed E-state index contributed by atoms with van der Waals surface area (Å²) in [5.74, 6) is 0.268. The Bertz CT molecular complexity index is 1560. The molecule has 0 spiro atoms. The Kier molecular flexibility index (Phi) is 6.98. The lowest BCUT2D eigenvalue weighted by atomic mass is 10.0. The molecule has 2 atom stereocenters. The van der Waals surface area contributed by atoms with Gasteiger partial charge in [0.05, 0.1) is 18.1 Å². The van der Waals surface area contributed by atoms with E-state index in [-0.39, 0.29) is 36.8 Å². The molecule has 38 heavy (non-hydrogen) atoms. The number of fused-ring (bicyclic) bond motifs is 1. The third-order valence-electron chi connectivity index (χ3n) is 6.34. The minimum absolute atomic E-state index is 0.117. The standard InChI is InChI=1S/C26H23BrFN7O3/c1-14(36)25-19-8-16(17-10-29-15(2)30-11-17)6-7-20(19)35(33-25)13-22(37)21-9-18(28)12-34(21)26(38)32-24-5-3-4-23(27)31-24/h3-8,10-11,18,21H,9,12-13H2,1-2H3,(H,31,32,38). The number of anilines is 1. The zero-order valence-corrected chi connectivity index (χ0v) is 22.1. The number of Topliss-reactive ketones (excluding diaryl/α,β-unsaturated/α-hetero) is 2. The number of carbonyl (C=O) groups is 3. The number of carbonyl (C=O) groups excluding carboxylic acids is 3. The summed E-state index contributed by atoms with van der Waals surface area (Å²) < 4.78 is 16.4. The maximum atomic E-state index is 14.4. The molecule has 4 heterocycles. The molecule has 194 valence electrons. The van der Waals surface area contributed by atoms with Crippen LogP contribution in [0.4, 0.5) is 15.0 Å². The number of aryl methyl sites for hydroxylation is 1. The topological polar surface area (TPSA) is 123 Å². The van der Waals surface area contributed by atoms with E-state index in [9.17, 15) is 18.8 Å². The highest BCUT2D eigenvalue weighted by Gasteiger charge is 2.40. The summed E-state index contributed by atoms with van der Waals surface area (Å²) in [5.41, 5.74) is 2.36. The van der Waals surface area contributed by atoms with Crippen LogP contribution < -0.4 is 5.32 Å². The molecule has 0 saturated carbocycles. The predicted octanol–water partition coefficient (Wildman–Crippen LogP) is 4.38. The van der Waals surface area contributed by atoms with Gasteiger partial charge in [0.15, 0.2) is 11.6 Å². The van der Waals surface area contributed by atoms with E-state index in [0.717, 1.165) is 11.1 Å². The number of pyridine rings is 1. The number of likely N-dealkylation sites (tertiary alicyclic amines) is 1. The van der Waals surface area contributed by atoms with Crippen molar-refractivity contribution >= 4 is 50.2 Å². The van der Waals surface area contributed by atoms with Crippen LogP contribution >= 0.6 is 15.9 Å². The fourth-order valence-electron chi connectivity index (χ4n) is 4.51. The first-order chi connectivity index (χ1) is 18.2. The van der Waals surface area contributed by atoms with Crippen LogP contribution in [0, 0.1) is 6.92 Å². The van der Waals surface area contributed by atoms with Gasteiger partial charge in [-0.05, 0) is 52.7 Å². The number of nitrogens with zero attached hydrogens (tertiary/aromatic N) is 6. The first-order valence-electron chi connectivity index (χ1n) is 11.9. The lowest BCUT2D eigenvalue weighted by Gasteiger charge is -2.23. The van der Waals surface area contributed by atoms with E-state index in [1.807, 2.05) is 12.1 Å². The second-order valence-electron chi connectivity index (χ2n) is 9.06. The Labute approximate surface area is 225 Å². The number of urea groups is 1. The van der Waals surface area contributed by atoms with E-state index < -0.39 is 24.0 Å². The van der Waals surface area contributed by atoms with Gasteiger partial charge in [0.25, 0.3) is 0 Å². The van der Waals surface area contributed by atoms with Gasteiger partial charge in [-0.3, -0.25) is 19.6 Å². The van der Waals surface area contributed by atoms with Gasteiger partial charge < -0.3 is 4.90 Å². The first kappa shape index (κ1) is 25.6. The molecular weight excluding hydrogens is 557 g/mol. The number of benzene rings is 1. The van der Waals surface area contributed by atoms with Gasteiger partial charge in [-0.2, -0.15) is 5.10 Å². The van der Waals surface area contributed by atoms with E-state index >= 15 is 0 Å². The third-order valence-corrected chi connectivity index (χ3v) is 6.78. The van der Waals surface area contributed by atoms with Gasteiger partial charge in [0.2, 0.25) is 0 Å². The Morgan fingerprint density at radius 3 is 2.61 bits per heavy atom. The molecule has 1 aliphatic heterocycles. The van der Waals surface area contributed by atoms with Crippen LogP contribution in [0.2, 0.25) is 0 Å². The Balaban J connectivity index is 1.41. The summed E-state index contributed by atoms with van der Waals surface area (Å²) in [7, 11) is 0. The summed E-state index contributed by atoms with van der Waals surface area (Å²) in [6, 6.07) is 8.81. The average molecular weight is 580 g/mol. The number of rotatable bonds is 6. The molecule has 0 bridgehead atoms. The molecule has 12 heteroatoms. The van der Waals surface area contributed by atoms with E-state index in [4.69, 9.17) is 0 Å². The van der Waals surface area contributed by atoms with Crippen LogP contribution in [0.15, 0.2) is 53.4 Å². The van der Waals surface area contributed by atoms with Crippen LogP contribution in [0.5, 0.6) is 0 Å². The van der Waals surface area contributed by atoms with Crippen molar-refractivity contribution in [2.45, 2.75) is 39.0 Å². The highest BCUT2D eigenvalue weighted by Crippen LogP contribution is 2.28. The smallest absolute Gasteiger partial charge is 0.311 e. The maximum Gasteiger partial charge on any atom is 0.323 e. The van der Waals surface area contributed by atoms with Crippen molar-refractivity contribution in [1.29, 1.82) is 0 Å². The van der Waals surface area contributed by atoms with Crippen LogP contribution in [0.1, 0.15) is 29.7 Å². The van der Waals surface area contributed by atoms with Gasteiger partial charge in [0.1, 0.15) is 34.7 Å². The van der Waals surface area contributed by atoms with Crippen molar-refractivity contribution in [1.82, 2.24) is 29.6 Å². The van der Waals surface area contributed by atoms with Crippen LogP contribution in [-0.4, -0.2) is 66.0 Å². The van der Waals surface area contributed by atoms with Crippen molar-refractivity contribution in [2.24, 2.45) is 0 Å². The Hall–Kier alpha value is -4.06. The van der Waals surface area contributed by atoms with Crippen molar-refractivity contribution in [3.8, 4) is 11.1 Å². The molecule has 4 aromatic rings. The van der Waals surface area contributed by atoms with Gasteiger partial charge in [-0.1, -0.05) is 12.1 Å². The minimum atomic E-state index is -1.34. The van der Waals surface area contributed by atoms with E-state index in [1.165, 1.54) is 16.5 Å². The van der Waals surface area contributed by atoms with Crippen molar-refractivity contribution in [3.05, 3.63) is 64.9 Å². The maximum absolute atomic E-state index is 14.4. The zero-order valence-electron chi connectivity index (χ0n) is 20.6. The second kappa shape index (κ2) is 10.4. The molecule has 5 rings (SSSR count). The summed E-state index contributed by atoms with van der Waals surface area (Å²) in [6.07, 6.45) is 1.93. The van der Waals surface area contributed by atoms with Crippen molar-refractivity contribution in [2.75, 3.05) is 11.9 Å². The monoisotopic (exact) mass is 579 g/mol. The van der Waals surface area contributed by atoms with E-state index in [2.05, 4.69) is 41.3 Å². The lowest BCUT2D eigenvalue weighted by Crippen LogP contribution is -2.44. The van der Waals surface area contributed by atoms with Crippen molar-refractivity contribution < 1.29 is 18.8 Å². The van der Waals surface area contributed by atoms with Crippen LogP contribution in [0.25, 0.3) is 22.0 Å². The number of halogens is 2. The number of hydrogen-bond donors (Lipinski definition) is 1. The largest absolute Gasteiger partial charge is 0.323 e. The fourth-order valence-corrected chi connectivity index (χ4v) is 4.85. The quantitative estimate of drug-likeness (QED) is 0.265. The normalized spacial score (nSPS) is 17.1. The zero-order chi connectivity index (χ0) is 27.0. The Morgan fingerprint density at radius 2 is 1.89 bits per heavy atom. The summed E-state index contributed by atoms with van der Waals surface area (Å²) >= 11 is 3.24. The highest BCUT2D eigenvalue weighted by atomic mass is 79.9. The number of amides is 2. The van der Waals surface area contributed by atoms with Gasteiger partial charge in [0, 0.05) is 36.7 Å². The highest BCUT2D eigenvalue weighted by molar-refractivity contribution is 9.10. The SMILES string of the molecule is CC(=O)c1nn(CC(=O)C2CC(F)CN2C(=O)Nc2cccc(Br)n2)c2ccc(-c3cnc(C)nc3)cc12. The molecule has 1 fully saturated rings. The predicted molar refractivity (Wildman–Crippen MR) is 141 cm³/mol. The molecule has 2 unspecified atom stereocenters.